The minimum Gasteiger partial charge on any atom is -0.490 e. The Morgan fingerprint density at radius 1 is 0.971 bits per heavy atom. The van der Waals surface area contributed by atoms with Crippen molar-refractivity contribution < 1.29 is 23.5 Å². The van der Waals surface area contributed by atoms with Gasteiger partial charge in [0.2, 0.25) is 0 Å². The topological polar surface area (TPSA) is 55.8 Å². The Morgan fingerprint density at radius 3 is 2.46 bits per heavy atom. The zero-order valence-electron chi connectivity index (χ0n) is 18.6. The maximum atomic E-state index is 13.2. The molecular formula is C26H20Cl2FNO4S. The Balaban J connectivity index is 1.50. The zero-order valence-corrected chi connectivity index (χ0v) is 20.9. The van der Waals surface area contributed by atoms with Gasteiger partial charge in [-0.25, -0.2) is 4.39 Å². The molecule has 2 amide bonds. The molecule has 0 atom stereocenters. The fourth-order valence-electron chi connectivity index (χ4n) is 3.36. The molecule has 0 spiro atoms. The zero-order chi connectivity index (χ0) is 24.9. The van der Waals surface area contributed by atoms with Gasteiger partial charge in [0.15, 0.2) is 11.5 Å². The summed E-state index contributed by atoms with van der Waals surface area (Å²) in [6, 6.07) is 16.1. The largest absolute Gasteiger partial charge is 0.490 e. The van der Waals surface area contributed by atoms with Gasteiger partial charge in [0.1, 0.15) is 12.4 Å². The number of rotatable bonds is 8. The highest BCUT2D eigenvalue weighted by molar-refractivity contribution is 8.18. The third kappa shape index (κ3) is 6.17. The van der Waals surface area contributed by atoms with E-state index in [1.165, 1.54) is 12.1 Å². The number of thioether (sulfide) groups is 1. The average Bonchev–Trinajstić information content (AvgIpc) is 3.08. The van der Waals surface area contributed by atoms with Gasteiger partial charge in [-0.05, 0) is 72.3 Å². The quantitative estimate of drug-likeness (QED) is 0.284. The second-order valence-electron chi connectivity index (χ2n) is 7.56. The van der Waals surface area contributed by atoms with Gasteiger partial charge >= 0.3 is 0 Å². The normalized spacial score (nSPS) is 14.6. The number of carbonyl (C=O) groups is 2. The van der Waals surface area contributed by atoms with Gasteiger partial charge < -0.3 is 9.47 Å². The maximum absolute atomic E-state index is 13.2. The summed E-state index contributed by atoms with van der Waals surface area (Å²) in [6.07, 6.45) is 1.64. The van der Waals surface area contributed by atoms with E-state index in [4.69, 9.17) is 32.7 Å². The van der Waals surface area contributed by atoms with Crippen molar-refractivity contribution in [1.29, 1.82) is 0 Å². The molecule has 3 aromatic rings. The molecule has 0 saturated carbocycles. The molecule has 3 aromatic carbocycles. The fraction of sp³-hybridized carbons (Fsp3) is 0.154. The molecule has 0 aromatic heterocycles. The number of hydrogen-bond donors (Lipinski definition) is 0. The van der Waals surface area contributed by atoms with Crippen molar-refractivity contribution in [3.8, 4) is 11.5 Å². The van der Waals surface area contributed by atoms with Gasteiger partial charge in [-0.2, -0.15) is 0 Å². The van der Waals surface area contributed by atoms with E-state index in [0.717, 1.165) is 22.2 Å². The van der Waals surface area contributed by atoms with Crippen LogP contribution in [-0.4, -0.2) is 22.7 Å². The molecule has 0 bridgehead atoms. The summed E-state index contributed by atoms with van der Waals surface area (Å²) in [5, 5.41) is 0.666. The van der Waals surface area contributed by atoms with Crippen LogP contribution >= 0.6 is 35.0 Å². The Hall–Kier alpha value is -3.00. The molecule has 9 heteroatoms. The molecule has 35 heavy (non-hydrogen) atoms. The highest BCUT2D eigenvalue weighted by Crippen LogP contribution is 2.36. The van der Waals surface area contributed by atoms with Crippen LogP contribution in [0, 0.1) is 5.82 Å². The van der Waals surface area contributed by atoms with Crippen molar-refractivity contribution in [3.63, 3.8) is 0 Å². The van der Waals surface area contributed by atoms with Crippen LogP contribution in [0.1, 0.15) is 23.6 Å². The SMILES string of the molecule is CCOc1cc(/C=C2\SC(=O)N(Cc3ccc(F)cc3)C2=O)ccc1OCc1ccc(Cl)cc1Cl. The number of hydrogen-bond acceptors (Lipinski definition) is 5. The van der Waals surface area contributed by atoms with Gasteiger partial charge in [-0.3, -0.25) is 14.5 Å². The van der Waals surface area contributed by atoms with Crippen LogP contribution < -0.4 is 9.47 Å². The van der Waals surface area contributed by atoms with Crippen molar-refractivity contribution in [2.45, 2.75) is 20.1 Å². The fourth-order valence-corrected chi connectivity index (χ4v) is 4.66. The van der Waals surface area contributed by atoms with Crippen molar-refractivity contribution in [2.24, 2.45) is 0 Å². The van der Waals surface area contributed by atoms with Crippen LogP contribution in [0.3, 0.4) is 0 Å². The molecule has 0 unspecified atom stereocenters. The molecule has 180 valence electrons. The summed E-state index contributed by atoms with van der Waals surface area (Å²) in [5.41, 5.74) is 2.12. The molecule has 1 heterocycles. The van der Waals surface area contributed by atoms with Crippen molar-refractivity contribution >= 4 is 52.2 Å². The molecule has 0 N–H and O–H groups in total. The molecule has 1 saturated heterocycles. The third-order valence-electron chi connectivity index (χ3n) is 5.09. The third-order valence-corrected chi connectivity index (χ3v) is 6.59. The molecule has 1 aliphatic heterocycles. The second-order valence-corrected chi connectivity index (χ2v) is 9.39. The lowest BCUT2D eigenvalue weighted by Gasteiger charge is -2.14. The van der Waals surface area contributed by atoms with E-state index in [1.54, 1.807) is 54.6 Å². The standard InChI is InChI=1S/C26H20Cl2FNO4S/c1-2-33-23-11-17(5-10-22(23)34-15-18-6-7-19(27)13-21(18)28)12-24-25(31)30(26(32)35-24)14-16-3-8-20(29)9-4-16/h3-13H,2,14-15H2,1H3/b24-12-. The highest BCUT2D eigenvalue weighted by atomic mass is 35.5. The number of imide groups is 1. The average molecular weight is 532 g/mol. The van der Waals surface area contributed by atoms with E-state index in [-0.39, 0.29) is 24.2 Å². The number of benzene rings is 3. The first-order valence-electron chi connectivity index (χ1n) is 10.7. The first-order valence-corrected chi connectivity index (χ1v) is 12.2. The van der Waals surface area contributed by atoms with Crippen LogP contribution in [-0.2, 0) is 17.9 Å². The van der Waals surface area contributed by atoms with E-state index >= 15 is 0 Å². The first kappa shape index (κ1) is 25.1. The number of ether oxygens (including phenoxy) is 2. The minimum absolute atomic E-state index is 0.0759. The van der Waals surface area contributed by atoms with Gasteiger partial charge in [0.05, 0.1) is 18.1 Å². The van der Waals surface area contributed by atoms with Crippen molar-refractivity contribution in [3.05, 3.63) is 98.1 Å². The Labute approximate surface area is 216 Å². The van der Waals surface area contributed by atoms with E-state index in [0.29, 0.717) is 44.2 Å². The Bertz CT molecular complexity index is 1300. The number of halogens is 3. The lowest BCUT2D eigenvalue weighted by atomic mass is 10.1. The lowest BCUT2D eigenvalue weighted by molar-refractivity contribution is -0.123. The van der Waals surface area contributed by atoms with Crippen molar-refractivity contribution in [2.75, 3.05) is 6.61 Å². The molecule has 4 rings (SSSR count). The van der Waals surface area contributed by atoms with E-state index in [1.807, 2.05) is 6.92 Å². The summed E-state index contributed by atoms with van der Waals surface area (Å²) in [4.78, 5) is 26.7. The monoisotopic (exact) mass is 531 g/mol. The second kappa shape index (κ2) is 11.2. The molecule has 0 aliphatic carbocycles. The van der Waals surface area contributed by atoms with Crippen LogP contribution in [0.4, 0.5) is 9.18 Å². The van der Waals surface area contributed by atoms with Gasteiger partial charge in [-0.1, -0.05) is 47.5 Å². The van der Waals surface area contributed by atoms with Crippen molar-refractivity contribution in [1.82, 2.24) is 4.90 Å². The maximum Gasteiger partial charge on any atom is 0.293 e. The van der Waals surface area contributed by atoms with Gasteiger partial charge in [0.25, 0.3) is 11.1 Å². The predicted molar refractivity (Wildman–Crippen MR) is 136 cm³/mol. The minimum atomic E-state index is -0.403. The van der Waals surface area contributed by atoms with E-state index in [2.05, 4.69) is 0 Å². The van der Waals surface area contributed by atoms with Crippen LogP contribution in [0.15, 0.2) is 65.6 Å². The predicted octanol–water partition coefficient (Wildman–Crippen LogP) is 7.35. The summed E-state index contributed by atoms with van der Waals surface area (Å²) in [7, 11) is 0. The van der Waals surface area contributed by atoms with Gasteiger partial charge in [-0.15, -0.1) is 0 Å². The number of carbonyl (C=O) groups excluding carboxylic acids is 2. The number of amides is 2. The summed E-state index contributed by atoms with van der Waals surface area (Å²) >= 11 is 13.0. The summed E-state index contributed by atoms with van der Waals surface area (Å²) in [5.74, 6) is 0.230. The molecule has 5 nitrogen and oxygen atoms in total. The van der Waals surface area contributed by atoms with Gasteiger partial charge in [0, 0.05) is 15.6 Å². The summed E-state index contributed by atoms with van der Waals surface area (Å²) < 4.78 is 24.8. The highest BCUT2D eigenvalue weighted by Gasteiger charge is 2.35. The molecule has 1 aliphatic rings. The van der Waals surface area contributed by atoms with Crippen LogP contribution in [0.5, 0.6) is 11.5 Å². The van der Waals surface area contributed by atoms with Crippen LogP contribution in [0.2, 0.25) is 10.0 Å². The lowest BCUT2D eigenvalue weighted by Crippen LogP contribution is -2.27. The summed E-state index contributed by atoms with van der Waals surface area (Å²) in [6.45, 7) is 2.56. The first-order chi connectivity index (χ1) is 16.8. The molecule has 1 fully saturated rings. The molecular weight excluding hydrogens is 512 g/mol. The smallest absolute Gasteiger partial charge is 0.293 e. The Morgan fingerprint density at radius 2 is 1.74 bits per heavy atom. The Kier molecular flexibility index (Phi) is 8.00. The van der Waals surface area contributed by atoms with Crippen LogP contribution in [0.25, 0.3) is 6.08 Å². The van der Waals surface area contributed by atoms with E-state index < -0.39 is 5.91 Å². The van der Waals surface area contributed by atoms with E-state index in [9.17, 15) is 14.0 Å². The molecule has 0 radical (unpaired) electrons. The number of nitrogens with zero attached hydrogens (tertiary/aromatic N) is 1.